The van der Waals surface area contributed by atoms with E-state index in [1.807, 2.05) is 24.3 Å². The number of fused-ring (bicyclic) bond motifs is 1. The molecule has 0 aromatic heterocycles. The fraction of sp³-hybridized carbons (Fsp3) is 0.556. The lowest BCUT2D eigenvalue weighted by Crippen LogP contribution is -2.59. The van der Waals surface area contributed by atoms with E-state index in [1.165, 1.54) is 0 Å². The summed E-state index contributed by atoms with van der Waals surface area (Å²) in [5.41, 5.74) is 2.53. The molecular formula is C27H36O11. The fourth-order valence-corrected chi connectivity index (χ4v) is 4.95. The molecule has 5 N–H and O–H groups in total. The molecule has 38 heavy (non-hydrogen) atoms. The third kappa shape index (κ3) is 5.55. The molecule has 11 nitrogen and oxygen atoms in total. The summed E-state index contributed by atoms with van der Waals surface area (Å²) in [6.07, 6.45) is -6.28. The third-order valence-electron chi connectivity index (χ3n) is 7.02. The molecule has 1 saturated heterocycles. The van der Waals surface area contributed by atoms with E-state index < -0.39 is 49.3 Å². The highest BCUT2D eigenvalue weighted by Crippen LogP contribution is 2.52. The highest BCUT2D eigenvalue weighted by atomic mass is 16.7. The number of rotatable bonds is 11. The molecule has 0 aliphatic carbocycles. The Bertz CT molecular complexity index is 1080. The van der Waals surface area contributed by atoms with Gasteiger partial charge in [0.2, 0.25) is 0 Å². The zero-order chi connectivity index (χ0) is 27.4. The van der Waals surface area contributed by atoms with Crippen LogP contribution in [-0.4, -0.2) is 97.4 Å². The molecule has 0 amide bonds. The Morgan fingerprint density at radius 1 is 0.842 bits per heavy atom. The van der Waals surface area contributed by atoms with Gasteiger partial charge in [-0.1, -0.05) is 12.1 Å². The smallest absolute Gasteiger partial charge is 0.186 e. The third-order valence-corrected chi connectivity index (χ3v) is 7.02. The predicted molar refractivity (Wildman–Crippen MR) is 134 cm³/mol. The standard InChI is InChI=1S/C27H36O11/c1-33-18-7-6-15(11-19(18)34-2)25-17(13-36-27-24(32)23(31)22(30)21(12-29)37-27)16-9-14(5-4-8-28)10-20(35-3)26(16)38-25/h6-7,9-11,17,21-25,27-32H,4-5,8,12-13H2,1-3H3/t17-,21+,22-,23-,24-,25-,27-/m1/s1. The van der Waals surface area contributed by atoms with Crippen LogP contribution in [0.4, 0.5) is 0 Å². The molecule has 2 heterocycles. The minimum Gasteiger partial charge on any atom is -0.493 e. The molecule has 0 spiro atoms. The van der Waals surface area contributed by atoms with Crippen molar-refractivity contribution >= 4 is 0 Å². The van der Waals surface area contributed by atoms with Gasteiger partial charge in [-0.15, -0.1) is 0 Å². The summed E-state index contributed by atoms with van der Waals surface area (Å²) < 4.78 is 34.4. The maximum atomic E-state index is 10.5. The van der Waals surface area contributed by atoms with Crippen LogP contribution < -0.4 is 18.9 Å². The van der Waals surface area contributed by atoms with E-state index in [2.05, 4.69) is 0 Å². The van der Waals surface area contributed by atoms with Gasteiger partial charge in [0, 0.05) is 12.2 Å². The summed E-state index contributed by atoms with van der Waals surface area (Å²) in [5, 5.41) is 49.6. The minimum atomic E-state index is -1.55. The Morgan fingerprint density at radius 3 is 2.24 bits per heavy atom. The first-order valence-electron chi connectivity index (χ1n) is 12.5. The van der Waals surface area contributed by atoms with E-state index in [-0.39, 0.29) is 13.2 Å². The summed E-state index contributed by atoms with van der Waals surface area (Å²) in [6, 6.07) is 9.31. The number of hydrogen-bond acceptors (Lipinski definition) is 11. The molecule has 2 aliphatic rings. The maximum absolute atomic E-state index is 10.5. The molecular weight excluding hydrogens is 500 g/mol. The van der Waals surface area contributed by atoms with Crippen molar-refractivity contribution in [3.05, 3.63) is 47.0 Å². The molecule has 1 fully saturated rings. The van der Waals surface area contributed by atoms with Crippen molar-refractivity contribution in [1.82, 2.24) is 0 Å². The van der Waals surface area contributed by atoms with Gasteiger partial charge in [-0.3, -0.25) is 0 Å². The number of methoxy groups -OCH3 is 3. The van der Waals surface area contributed by atoms with Gasteiger partial charge in [-0.2, -0.15) is 0 Å². The Balaban J connectivity index is 1.69. The number of hydrogen-bond donors (Lipinski definition) is 5. The quantitative estimate of drug-likeness (QED) is 0.275. The van der Waals surface area contributed by atoms with E-state index >= 15 is 0 Å². The first-order valence-corrected chi connectivity index (χ1v) is 12.5. The van der Waals surface area contributed by atoms with E-state index in [9.17, 15) is 25.5 Å². The molecule has 0 bridgehead atoms. The second-order valence-electron chi connectivity index (χ2n) is 9.33. The summed E-state index contributed by atoms with van der Waals surface area (Å²) in [5.74, 6) is 1.76. The van der Waals surface area contributed by atoms with Crippen LogP contribution in [0.25, 0.3) is 0 Å². The molecule has 2 aromatic carbocycles. The van der Waals surface area contributed by atoms with Crippen LogP contribution >= 0.6 is 0 Å². The van der Waals surface area contributed by atoms with Crippen molar-refractivity contribution in [2.75, 3.05) is 41.2 Å². The van der Waals surface area contributed by atoms with Crippen molar-refractivity contribution in [3.8, 4) is 23.0 Å². The lowest BCUT2D eigenvalue weighted by molar-refractivity contribution is -0.302. The summed E-state index contributed by atoms with van der Waals surface area (Å²) >= 11 is 0. The van der Waals surface area contributed by atoms with Gasteiger partial charge in [-0.05, 0) is 42.2 Å². The Kier molecular flexibility index (Phi) is 9.32. The average molecular weight is 537 g/mol. The molecule has 2 aliphatic heterocycles. The molecule has 210 valence electrons. The van der Waals surface area contributed by atoms with Gasteiger partial charge in [0.05, 0.1) is 40.5 Å². The number of aliphatic hydroxyl groups is 5. The Hall–Kier alpha value is -2.64. The van der Waals surface area contributed by atoms with Gasteiger partial charge >= 0.3 is 0 Å². The van der Waals surface area contributed by atoms with E-state index in [0.717, 1.165) is 16.7 Å². The van der Waals surface area contributed by atoms with Gasteiger partial charge in [-0.25, -0.2) is 0 Å². The normalized spacial score (nSPS) is 28.5. The fourth-order valence-electron chi connectivity index (χ4n) is 4.95. The van der Waals surface area contributed by atoms with Crippen molar-refractivity contribution in [2.24, 2.45) is 0 Å². The number of aryl methyl sites for hydroxylation is 1. The zero-order valence-electron chi connectivity index (χ0n) is 21.6. The van der Waals surface area contributed by atoms with Crippen LogP contribution in [-0.2, 0) is 15.9 Å². The summed E-state index contributed by atoms with van der Waals surface area (Å²) in [6.45, 7) is -0.505. The highest BCUT2D eigenvalue weighted by Gasteiger charge is 2.45. The van der Waals surface area contributed by atoms with Crippen molar-refractivity contribution in [3.63, 3.8) is 0 Å². The maximum Gasteiger partial charge on any atom is 0.186 e. The van der Waals surface area contributed by atoms with Gasteiger partial charge in [0.25, 0.3) is 0 Å². The van der Waals surface area contributed by atoms with Crippen molar-refractivity contribution in [2.45, 2.75) is 55.6 Å². The average Bonchev–Trinajstić information content (AvgIpc) is 3.31. The largest absolute Gasteiger partial charge is 0.493 e. The minimum absolute atomic E-state index is 0.00130. The molecule has 0 unspecified atom stereocenters. The molecule has 4 rings (SSSR count). The zero-order valence-corrected chi connectivity index (χ0v) is 21.6. The highest BCUT2D eigenvalue weighted by molar-refractivity contribution is 5.56. The van der Waals surface area contributed by atoms with Crippen LogP contribution in [0.15, 0.2) is 30.3 Å². The predicted octanol–water partition coefficient (Wildman–Crippen LogP) is 0.671. The van der Waals surface area contributed by atoms with E-state index in [4.69, 9.17) is 28.4 Å². The second-order valence-corrected chi connectivity index (χ2v) is 9.33. The molecule has 11 heteroatoms. The molecule has 0 radical (unpaired) electrons. The van der Waals surface area contributed by atoms with Crippen LogP contribution in [0, 0.1) is 0 Å². The second kappa shape index (κ2) is 12.5. The van der Waals surface area contributed by atoms with Gasteiger partial charge in [0.15, 0.2) is 29.3 Å². The lowest BCUT2D eigenvalue weighted by Gasteiger charge is -2.40. The number of benzene rings is 2. The lowest BCUT2D eigenvalue weighted by atomic mass is 9.90. The monoisotopic (exact) mass is 536 g/mol. The number of ether oxygens (including phenoxy) is 6. The van der Waals surface area contributed by atoms with E-state index in [1.54, 1.807) is 27.4 Å². The number of aliphatic hydroxyl groups excluding tert-OH is 5. The van der Waals surface area contributed by atoms with Crippen LogP contribution in [0.3, 0.4) is 0 Å². The first-order chi connectivity index (χ1) is 18.4. The van der Waals surface area contributed by atoms with Gasteiger partial charge in [0.1, 0.15) is 30.5 Å². The molecule has 0 saturated carbocycles. The summed E-state index contributed by atoms with van der Waals surface area (Å²) in [4.78, 5) is 0. The molecule has 2 aromatic rings. The van der Waals surface area contributed by atoms with Crippen LogP contribution in [0.5, 0.6) is 23.0 Å². The van der Waals surface area contributed by atoms with Crippen LogP contribution in [0.2, 0.25) is 0 Å². The Morgan fingerprint density at radius 2 is 1.58 bits per heavy atom. The van der Waals surface area contributed by atoms with E-state index in [0.29, 0.717) is 35.8 Å². The first kappa shape index (κ1) is 28.4. The topological polar surface area (TPSA) is 157 Å². The molecule has 7 atom stereocenters. The van der Waals surface area contributed by atoms with Crippen LogP contribution in [0.1, 0.15) is 35.1 Å². The summed E-state index contributed by atoms with van der Waals surface area (Å²) in [7, 11) is 4.65. The van der Waals surface area contributed by atoms with Crippen molar-refractivity contribution < 1.29 is 54.0 Å². The SMILES string of the molecule is COc1ccc([C@H]2Oc3c(OC)cc(CCCO)cc3[C@H]2CO[C@@H]2O[C@@H](CO)[C@@H](O)[C@@H](O)[C@H]2O)cc1OC. The van der Waals surface area contributed by atoms with Crippen molar-refractivity contribution in [1.29, 1.82) is 0 Å². The van der Waals surface area contributed by atoms with Gasteiger partial charge < -0.3 is 54.0 Å². The Labute approximate surface area is 221 Å².